The number of amides is 1. The second-order valence-corrected chi connectivity index (χ2v) is 9.39. The van der Waals surface area contributed by atoms with Crippen LogP contribution in [0.25, 0.3) is 0 Å². The molecule has 1 aliphatic rings. The van der Waals surface area contributed by atoms with E-state index < -0.39 is 21.1 Å². The van der Waals surface area contributed by atoms with E-state index in [1.165, 1.54) is 24.3 Å². The van der Waals surface area contributed by atoms with E-state index in [-0.39, 0.29) is 16.4 Å². The number of hydrogen-bond donors (Lipinski definition) is 1. The summed E-state index contributed by atoms with van der Waals surface area (Å²) in [6.45, 7) is 4.10. The molecule has 0 fully saturated rings. The number of hydrogen-bond acceptors (Lipinski definition) is 4. The van der Waals surface area contributed by atoms with Crippen molar-refractivity contribution in [3.63, 3.8) is 0 Å². The summed E-state index contributed by atoms with van der Waals surface area (Å²) in [6, 6.07) is 11.0. The minimum absolute atomic E-state index is 0.198. The van der Waals surface area contributed by atoms with Gasteiger partial charge in [-0.3, -0.25) is 4.79 Å². The predicted octanol–water partition coefficient (Wildman–Crippen LogP) is 2.77. The molecule has 0 unspecified atom stereocenters. The first-order chi connectivity index (χ1) is 12.7. The summed E-state index contributed by atoms with van der Waals surface area (Å²) in [6.07, 6.45) is 0.654. The van der Waals surface area contributed by atoms with Gasteiger partial charge in [-0.15, -0.1) is 0 Å². The van der Waals surface area contributed by atoms with E-state index in [0.717, 1.165) is 11.1 Å². The number of carbonyl (C=O) groups excluding carboxylic acids is 1. The van der Waals surface area contributed by atoms with Crippen molar-refractivity contribution in [1.29, 1.82) is 0 Å². The molecule has 0 spiro atoms. The van der Waals surface area contributed by atoms with Crippen LogP contribution >= 0.6 is 0 Å². The van der Waals surface area contributed by atoms with E-state index in [9.17, 15) is 18.0 Å². The molecule has 3 rings (SSSR count). The number of carboxylic acids is 1. The number of aromatic carboxylic acids is 1. The highest BCUT2D eigenvalue weighted by Gasteiger charge is 2.24. The Balaban J connectivity index is 1.81. The zero-order chi connectivity index (χ0) is 19.8. The first-order valence-corrected chi connectivity index (χ1v) is 10.2. The molecule has 0 saturated carbocycles. The molecule has 0 saturated heterocycles. The summed E-state index contributed by atoms with van der Waals surface area (Å²) in [5, 5.41) is 8.61. The van der Waals surface area contributed by atoms with Crippen LogP contribution in [0.1, 0.15) is 45.7 Å². The molecule has 6 nitrogen and oxygen atoms in total. The number of nitrogens with zero attached hydrogens (tertiary/aromatic N) is 1. The van der Waals surface area contributed by atoms with Crippen molar-refractivity contribution in [2.24, 2.45) is 0 Å². The van der Waals surface area contributed by atoms with Gasteiger partial charge in [0.05, 0.1) is 15.7 Å². The van der Waals surface area contributed by atoms with E-state index in [4.69, 9.17) is 5.11 Å². The van der Waals surface area contributed by atoms with Crippen LogP contribution in [0.15, 0.2) is 47.4 Å². The van der Waals surface area contributed by atoms with Gasteiger partial charge >= 0.3 is 5.97 Å². The van der Waals surface area contributed by atoms with Crippen LogP contribution in [0, 0.1) is 0 Å². The fourth-order valence-electron chi connectivity index (χ4n) is 3.11. The molecule has 0 radical (unpaired) electrons. The maximum atomic E-state index is 12.8. The van der Waals surface area contributed by atoms with Gasteiger partial charge in [0.15, 0.2) is 9.84 Å². The van der Waals surface area contributed by atoms with Gasteiger partial charge < -0.3 is 10.0 Å². The third-order valence-electron chi connectivity index (χ3n) is 4.80. The van der Waals surface area contributed by atoms with Gasteiger partial charge in [0.1, 0.15) is 0 Å². The van der Waals surface area contributed by atoms with Crippen molar-refractivity contribution >= 4 is 21.7 Å². The van der Waals surface area contributed by atoms with Gasteiger partial charge in [-0.05, 0) is 67.8 Å². The second kappa shape index (κ2) is 7.15. The largest absolute Gasteiger partial charge is 0.478 e. The van der Waals surface area contributed by atoms with Crippen LogP contribution in [-0.4, -0.2) is 42.1 Å². The molecule has 7 heteroatoms. The van der Waals surface area contributed by atoms with Crippen molar-refractivity contribution in [2.45, 2.75) is 37.0 Å². The van der Waals surface area contributed by atoms with Crippen LogP contribution < -0.4 is 0 Å². The van der Waals surface area contributed by atoms with Crippen molar-refractivity contribution in [1.82, 2.24) is 4.90 Å². The topological polar surface area (TPSA) is 91.8 Å². The standard InChI is InChI=1S/C20H21NO5S/c1-13(2)27(25,26)18-7-5-15(6-8-18)19(22)21-10-9-14-3-4-16(20(23)24)11-17(14)12-21/h3-8,11,13H,9-10,12H2,1-2H3,(H,23,24). The summed E-state index contributed by atoms with van der Waals surface area (Å²) in [5.41, 5.74) is 2.48. The summed E-state index contributed by atoms with van der Waals surface area (Å²) in [5.74, 6) is -1.20. The van der Waals surface area contributed by atoms with Crippen LogP contribution in [0.2, 0.25) is 0 Å². The van der Waals surface area contributed by atoms with E-state index in [2.05, 4.69) is 0 Å². The summed E-state index contributed by atoms with van der Waals surface area (Å²) < 4.78 is 24.4. The molecular weight excluding hydrogens is 366 g/mol. The Labute approximate surface area is 158 Å². The Hall–Kier alpha value is -2.67. The molecule has 0 aromatic heterocycles. The van der Waals surface area contributed by atoms with E-state index in [1.54, 1.807) is 36.9 Å². The Morgan fingerprint density at radius 3 is 2.22 bits per heavy atom. The maximum absolute atomic E-state index is 12.8. The lowest BCUT2D eigenvalue weighted by molar-refractivity contribution is 0.0696. The highest BCUT2D eigenvalue weighted by Crippen LogP contribution is 2.23. The molecule has 0 atom stereocenters. The monoisotopic (exact) mass is 387 g/mol. The SMILES string of the molecule is CC(C)S(=O)(=O)c1ccc(C(=O)N2CCc3ccc(C(=O)O)cc3C2)cc1. The first kappa shape index (κ1) is 19.1. The molecule has 0 bridgehead atoms. The average molecular weight is 387 g/mol. The fraction of sp³-hybridized carbons (Fsp3) is 0.300. The average Bonchev–Trinajstić information content (AvgIpc) is 2.66. The Bertz CT molecular complexity index is 994. The highest BCUT2D eigenvalue weighted by atomic mass is 32.2. The third kappa shape index (κ3) is 3.73. The van der Waals surface area contributed by atoms with Crippen LogP contribution in [0.3, 0.4) is 0 Å². The smallest absolute Gasteiger partial charge is 0.335 e. The Morgan fingerprint density at radius 1 is 1.00 bits per heavy atom. The zero-order valence-electron chi connectivity index (χ0n) is 15.2. The van der Waals surface area contributed by atoms with Gasteiger partial charge in [-0.2, -0.15) is 0 Å². The molecule has 1 aliphatic heterocycles. The molecule has 142 valence electrons. The first-order valence-electron chi connectivity index (χ1n) is 8.68. The third-order valence-corrected chi connectivity index (χ3v) is 6.97. The fourth-order valence-corrected chi connectivity index (χ4v) is 4.17. The number of sulfone groups is 1. The lowest BCUT2D eigenvalue weighted by Gasteiger charge is -2.29. The molecular formula is C20H21NO5S. The van der Waals surface area contributed by atoms with Crippen molar-refractivity contribution in [3.8, 4) is 0 Å². The normalized spacial score (nSPS) is 14.1. The van der Waals surface area contributed by atoms with Crippen LogP contribution in [-0.2, 0) is 22.8 Å². The highest BCUT2D eigenvalue weighted by molar-refractivity contribution is 7.92. The number of rotatable bonds is 4. The Kier molecular flexibility index (Phi) is 5.06. The summed E-state index contributed by atoms with van der Waals surface area (Å²) >= 11 is 0. The molecule has 1 amide bonds. The minimum Gasteiger partial charge on any atom is -0.478 e. The second-order valence-electron chi connectivity index (χ2n) is 6.88. The van der Waals surface area contributed by atoms with E-state index >= 15 is 0 Å². The molecule has 0 aliphatic carbocycles. The quantitative estimate of drug-likeness (QED) is 0.871. The van der Waals surface area contributed by atoms with Gasteiger partial charge in [0, 0.05) is 18.7 Å². The maximum Gasteiger partial charge on any atom is 0.335 e. The van der Waals surface area contributed by atoms with Crippen molar-refractivity contribution in [3.05, 3.63) is 64.7 Å². The molecule has 1 N–H and O–H groups in total. The van der Waals surface area contributed by atoms with Crippen molar-refractivity contribution < 1.29 is 23.1 Å². The molecule has 1 heterocycles. The lowest BCUT2D eigenvalue weighted by atomic mass is 9.97. The molecule has 27 heavy (non-hydrogen) atoms. The number of fused-ring (bicyclic) bond motifs is 1. The minimum atomic E-state index is -3.38. The van der Waals surface area contributed by atoms with E-state index in [0.29, 0.717) is 25.1 Å². The van der Waals surface area contributed by atoms with Gasteiger partial charge in [0.2, 0.25) is 0 Å². The van der Waals surface area contributed by atoms with Crippen molar-refractivity contribution in [2.75, 3.05) is 6.54 Å². The number of carbonyl (C=O) groups is 2. The van der Waals surface area contributed by atoms with E-state index in [1.807, 2.05) is 0 Å². The molecule has 2 aromatic rings. The number of carboxylic acid groups (broad SMARTS) is 1. The number of benzene rings is 2. The molecule has 2 aromatic carbocycles. The summed E-state index contributed by atoms with van der Waals surface area (Å²) in [4.78, 5) is 25.8. The van der Waals surface area contributed by atoms with Gasteiger partial charge in [0.25, 0.3) is 5.91 Å². The zero-order valence-corrected chi connectivity index (χ0v) is 16.0. The summed E-state index contributed by atoms with van der Waals surface area (Å²) in [7, 11) is -3.38. The van der Waals surface area contributed by atoms with Crippen LogP contribution in [0.4, 0.5) is 0 Å². The lowest BCUT2D eigenvalue weighted by Crippen LogP contribution is -2.36. The van der Waals surface area contributed by atoms with Gasteiger partial charge in [-0.25, -0.2) is 13.2 Å². The van der Waals surface area contributed by atoms with Crippen LogP contribution in [0.5, 0.6) is 0 Å². The predicted molar refractivity (Wildman–Crippen MR) is 101 cm³/mol. The van der Waals surface area contributed by atoms with Gasteiger partial charge in [-0.1, -0.05) is 6.07 Å². The Morgan fingerprint density at radius 2 is 1.63 bits per heavy atom.